The molecule has 7 nitrogen and oxygen atoms in total. The van der Waals surface area contributed by atoms with Crippen LogP contribution in [0.5, 0.6) is 0 Å². The van der Waals surface area contributed by atoms with E-state index in [0.717, 1.165) is 0 Å². The topological polar surface area (TPSA) is 80.5 Å². The van der Waals surface area contributed by atoms with E-state index in [1.165, 1.54) is 0 Å². The smallest absolute Gasteiger partial charge is 0.338 e. The number of pyridine rings is 1. The number of hydrogen-bond acceptors (Lipinski definition) is 5. The van der Waals surface area contributed by atoms with Gasteiger partial charge in [-0.15, -0.1) is 0 Å². The van der Waals surface area contributed by atoms with Crippen LogP contribution < -0.4 is 4.90 Å². The predicted molar refractivity (Wildman–Crippen MR) is 68.5 cm³/mol. The van der Waals surface area contributed by atoms with Crippen LogP contribution in [0.3, 0.4) is 0 Å². The van der Waals surface area contributed by atoms with Crippen LogP contribution in [0, 0.1) is 0 Å². The van der Waals surface area contributed by atoms with Gasteiger partial charge in [0.25, 0.3) is 0 Å². The summed E-state index contributed by atoms with van der Waals surface area (Å²) in [6.45, 7) is 2.68. The molecule has 0 radical (unpaired) electrons. The van der Waals surface area contributed by atoms with Gasteiger partial charge in [0.2, 0.25) is 0 Å². The van der Waals surface area contributed by atoms with Crippen LogP contribution in [0.2, 0.25) is 0 Å². The lowest BCUT2D eigenvalue weighted by atomic mass is 10.2. The molecule has 1 fully saturated rings. The average Bonchev–Trinajstić information content (AvgIpc) is 2.80. The first-order valence-electron chi connectivity index (χ1n) is 6.05. The highest BCUT2D eigenvalue weighted by Gasteiger charge is 2.19. The number of carboxylic acid groups (broad SMARTS) is 1. The molecule has 1 aliphatic heterocycles. The number of aryl methyl sites for hydroxylation is 1. The minimum atomic E-state index is -0.967. The van der Waals surface area contributed by atoms with Crippen molar-refractivity contribution in [3.63, 3.8) is 0 Å². The third-order valence-corrected chi connectivity index (χ3v) is 3.23. The maximum Gasteiger partial charge on any atom is 0.338 e. The Labute approximate surface area is 109 Å². The zero-order valence-corrected chi connectivity index (χ0v) is 10.5. The zero-order chi connectivity index (χ0) is 13.4. The Morgan fingerprint density at radius 3 is 2.84 bits per heavy atom. The molecule has 0 spiro atoms. The van der Waals surface area contributed by atoms with E-state index < -0.39 is 5.97 Å². The van der Waals surface area contributed by atoms with Gasteiger partial charge in [-0.2, -0.15) is 0 Å². The molecule has 1 saturated heterocycles. The number of imidazole rings is 1. The highest BCUT2D eigenvalue weighted by molar-refractivity contribution is 6.01. The van der Waals surface area contributed by atoms with Gasteiger partial charge in [-0.05, 0) is 6.07 Å². The summed E-state index contributed by atoms with van der Waals surface area (Å²) in [6.07, 6.45) is 1.58. The van der Waals surface area contributed by atoms with E-state index in [0.29, 0.717) is 43.3 Å². The average molecular weight is 262 g/mol. The van der Waals surface area contributed by atoms with Gasteiger partial charge < -0.3 is 19.3 Å². The Morgan fingerprint density at radius 2 is 2.16 bits per heavy atom. The number of aromatic nitrogens is 3. The molecule has 19 heavy (non-hydrogen) atoms. The predicted octanol–water partition coefficient (Wildman–Crippen LogP) is 0.503. The van der Waals surface area contributed by atoms with Crippen molar-refractivity contribution in [3.8, 4) is 0 Å². The van der Waals surface area contributed by atoms with Crippen LogP contribution in [0.25, 0.3) is 11.2 Å². The maximum atomic E-state index is 11.4. The first-order chi connectivity index (χ1) is 9.16. The summed E-state index contributed by atoms with van der Waals surface area (Å²) in [6, 6.07) is 1.61. The highest BCUT2D eigenvalue weighted by Crippen LogP contribution is 2.22. The Kier molecular flexibility index (Phi) is 2.83. The second-order valence-corrected chi connectivity index (χ2v) is 4.46. The standard InChI is InChI=1S/C12H14N4O3/c1-15-7-13-11-10(15)8(12(17)18)6-9(14-11)16-2-4-19-5-3-16/h6-7H,2-5H2,1H3,(H,17,18). The molecule has 1 N–H and O–H groups in total. The van der Waals surface area contributed by atoms with Crippen LogP contribution in [0.4, 0.5) is 5.82 Å². The van der Waals surface area contributed by atoms with Crippen molar-refractivity contribution in [3.05, 3.63) is 18.0 Å². The first kappa shape index (κ1) is 11.9. The number of ether oxygens (including phenoxy) is 1. The van der Waals surface area contributed by atoms with Crippen molar-refractivity contribution in [1.82, 2.24) is 14.5 Å². The lowest BCUT2D eigenvalue weighted by Gasteiger charge is -2.27. The van der Waals surface area contributed by atoms with Crippen molar-refractivity contribution < 1.29 is 14.6 Å². The van der Waals surface area contributed by atoms with E-state index in [4.69, 9.17) is 4.74 Å². The van der Waals surface area contributed by atoms with E-state index in [9.17, 15) is 9.90 Å². The number of hydrogen-bond donors (Lipinski definition) is 1. The number of carbonyl (C=O) groups is 1. The summed E-state index contributed by atoms with van der Waals surface area (Å²) in [4.78, 5) is 22.0. The SMILES string of the molecule is Cn1cnc2nc(N3CCOCC3)cc(C(=O)O)c21. The van der Waals surface area contributed by atoms with E-state index in [2.05, 4.69) is 9.97 Å². The Balaban J connectivity index is 2.13. The molecule has 0 atom stereocenters. The third kappa shape index (κ3) is 2.01. The molecule has 3 heterocycles. The van der Waals surface area contributed by atoms with Crippen molar-refractivity contribution in [1.29, 1.82) is 0 Å². The fourth-order valence-corrected chi connectivity index (χ4v) is 2.27. The van der Waals surface area contributed by atoms with Crippen LogP contribution in [-0.2, 0) is 11.8 Å². The zero-order valence-electron chi connectivity index (χ0n) is 10.5. The van der Waals surface area contributed by atoms with Crippen LogP contribution in [0.15, 0.2) is 12.4 Å². The number of nitrogens with zero attached hydrogens (tertiary/aromatic N) is 4. The van der Waals surface area contributed by atoms with Gasteiger partial charge in [0.05, 0.1) is 25.1 Å². The molecule has 0 unspecified atom stereocenters. The molecule has 3 rings (SSSR count). The van der Waals surface area contributed by atoms with Crippen molar-refractivity contribution in [2.45, 2.75) is 0 Å². The molecule has 0 aliphatic carbocycles. The summed E-state index contributed by atoms with van der Waals surface area (Å²) in [7, 11) is 1.76. The molecule has 7 heteroatoms. The lowest BCUT2D eigenvalue weighted by molar-refractivity contribution is 0.0698. The monoisotopic (exact) mass is 262 g/mol. The maximum absolute atomic E-state index is 11.4. The minimum absolute atomic E-state index is 0.228. The molecule has 0 saturated carbocycles. The number of fused-ring (bicyclic) bond motifs is 1. The van der Waals surface area contributed by atoms with E-state index in [1.54, 1.807) is 24.0 Å². The Hall–Kier alpha value is -2.15. The Morgan fingerprint density at radius 1 is 1.42 bits per heavy atom. The number of anilines is 1. The van der Waals surface area contributed by atoms with Crippen molar-refractivity contribution in [2.75, 3.05) is 31.2 Å². The largest absolute Gasteiger partial charge is 0.478 e. The number of morpholine rings is 1. The molecule has 0 bridgehead atoms. The summed E-state index contributed by atoms with van der Waals surface area (Å²) in [5, 5.41) is 9.34. The van der Waals surface area contributed by atoms with Gasteiger partial charge in [0, 0.05) is 20.1 Å². The van der Waals surface area contributed by atoms with Gasteiger partial charge in [0.15, 0.2) is 5.65 Å². The second-order valence-electron chi connectivity index (χ2n) is 4.46. The molecular weight excluding hydrogens is 248 g/mol. The third-order valence-electron chi connectivity index (χ3n) is 3.23. The van der Waals surface area contributed by atoms with Gasteiger partial charge in [-0.1, -0.05) is 0 Å². The number of rotatable bonds is 2. The molecular formula is C12H14N4O3. The lowest BCUT2D eigenvalue weighted by Crippen LogP contribution is -2.36. The Bertz CT molecular complexity index is 631. The summed E-state index contributed by atoms with van der Waals surface area (Å²) < 4.78 is 6.96. The molecule has 1 aliphatic rings. The fourth-order valence-electron chi connectivity index (χ4n) is 2.27. The first-order valence-corrected chi connectivity index (χ1v) is 6.05. The highest BCUT2D eigenvalue weighted by atomic mass is 16.5. The van der Waals surface area contributed by atoms with Gasteiger partial charge in [0.1, 0.15) is 11.3 Å². The van der Waals surface area contributed by atoms with E-state index in [1.807, 2.05) is 4.90 Å². The molecule has 0 amide bonds. The minimum Gasteiger partial charge on any atom is -0.478 e. The van der Waals surface area contributed by atoms with E-state index in [-0.39, 0.29) is 5.56 Å². The van der Waals surface area contributed by atoms with Gasteiger partial charge in [-0.3, -0.25) is 0 Å². The summed E-state index contributed by atoms with van der Waals surface area (Å²) >= 11 is 0. The van der Waals surface area contributed by atoms with Gasteiger partial charge >= 0.3 is 5.97 Å². The molecule has 100 valence electrons. The molecule has 2 aromatic rings. The van der Waals surface area contributed by atoms with E-state index >= 15 is 0 Å². The second kappa shape index (κ2) is 4.51. The molecule has 0 aromatic carbocycles. The number of aromatic carboxylic acids is 1. The van der Waals surface area contributed by atoms with Crippen molar-refractivity contribution in [2.24, 2.45) is 7.05 Å². The van der Waals surface area contributed by atoms with Crippen LogP contribution in [-0.4, -0.2) is 51.9 Å². The van der Waals surface area contributed by atoms with Crippen molar-refractivity contribution >= 4 is 23.0 Å². The van der Waals surface area contributed by atoms with Crippen LogP contribution >= 0.6 is 0 Å². The summed E-state index contributed by atoms with van der Waals surface area (Å²) in [5.74, 6) is -0.322. The molecule has 2 aromatic heterocycles. The summed E-state index contributed by atoms with van der Waals surface area (Å²) in [5.41, 5.74) is 1.24. The van der Waals surface area contributed by atoms with Crippen LogP contribution in [0.1, 0.15) is 10.4 Å². The fraction of sp³-hybridized carbons (Fsp3) is 0.417. The normalized spacial score (nSPS) is 15.9. The van der Waals surface area contributed by atoms with Gasteiger partial charge in [-0.25, -0.2) is 14.8 Å². The quantitative estimate of drug-likeness (QED) is 0.849. The number of carboxylic acids is 1.